The Labute approximate surface area is 132 Å². The van der Waals surface area contributed by atoms with Gasteiger partial charge in [-0.15, -0.1) is 0 Å². The second-order valence-electron chi connectivity index (χ2n) is 5.39. The van der Waals surface area contributed by atoms with Crippen LogP contribution in [0.1, 0.15) is 33.6 Å². The van der Waals surface area contributed by atoms with Crippen molar-refractivity contribution in [2.45, 2.75) is 45.7 Å². The number of nitrogens with two attached hydrogens (primary N) is 1. The Kier molecular flexibility index (Phi) is 9.93. The van der Waals surface area contributed by atoms with Gasteiger partial charge < -0.3 is 27.0 Å². The number of nitrogens with one attached hydrogen (secondary N) is 4. The van der Waals surface area contributed by atoms with Gasteiger partial charge in [0.15, 0.2) is 0 Å². The third-order valence-corrected chi connectivity index (χ3v) is 3.22. The van der Waals surface area contributed by atoms with Gasteiger partial charge in [-0.3, -0.25) is 9.59 Å². The highest BCUT2D eigenvalue weighted by Crippen LogP contribution is 2.04. The van der Waals surface area contributed by atoms with Gasteiger partial charge in [-0.2, -0.15) is 0 Å². The van der Waals surface area contributed by atoms with E-state index in [-0.39, 0.29) is 23.8 Å². The number of amides is 4. The average molecular weight is 315 g/mol. The fourth-order valence-corrected chi connectivity index (χ4v) is 2.07. The van der Waals surface area contributed by atoms with E-state index in [9.17, 15) is 14.4 Å². The molecule has 0 fully saturated rings. The zero-order chi connectivity index (χ0) is 17.1. The number of rotatable bonds is 10. The molecule has 4 amide bonds. The summed E-state index contributed by atoms with van der Waals surface area (Å²) in [6.07, 6.45) is 0.956. The van der Waals surface area contributed by atoms with E-state index >= 15 is 0 Å². The normalized spacial score (nSPS) is 13.3. The standard InChI is InChI=1S/C14H29N5O3/c1-5-17-11(9(2)3)13(21)19-10(12(20)16-4)7-6-8-18-14(15)22/h9-11,17H,5-8H2,1-4H3,(H,16,20)(H,19,21)(H3,15,18,22)/t10-,11-/m0/s1. The molecule has 0 rings (SSSR count). The van der Waals surface area contributed by atoms with Crippen LogP contribution in [0.2, 0.25) is 0 Å². The van der Waals surface area contributed by atoms with Crippen LogP contribution in [0.4, 0.5) is 4.79 Å². The van der Waals surface area contributed by atoms with Crippen molar-refractivity contribution in [2.75, 3.05) is 20.1 Å². The lowest BCUT2D eigenvalue weighted by Gasteiger charge is -2.24. The molecule has 0 aliphatic heterocycles. The largest absolute Gasteiger partial charge is 0.357 e. The summed E-state index contributed by atoms with van der Waals surface area (Å²) < 4.78 is 0. The molecule has 0 spiro atoms. The van der Waals surface area contributed by atoms with E-state index in [4.69, 9.17) is 5.73 Å². The van der Waals surface area contributed by atoms with Crippen LogP contribution < -0.4 is 27.0 Å². The fourth-order valence-electron chi connectivity index (χ4n) is 2.07. The number of urea groups is 1. The molecule has 0 aromatic rings. The van der Waals surface area contributed by atoms with Gasteiger partial charge in [0.1, 0.15) is 6.04 Å². The smallest absolute Gasteiger partial charge is 0.312 e. The predicted molar refractivity (Wildman–Crippen MR) is 85.1 cm³/mol. The van der Waals surface area contributed by atoms with Crippen LogP contribution in [0.3, 0.4) is 0 Å². The molecule has 22 heavy (non-hydrogen) atoms. The molecule has 0 unspecified atom stereocenters. The minimum absolute atomic E-state index is 0.113. The number of likely N-dealkylation sites (N-methyl/N-ethyl adjacent to an activating group) is 2. The Bertz CT molecular complexity index is 373. The van der Waals surface area contributed by atoms with E-state index in [0.717, 1.165) is 0 Å². The molecule has 8 nitrogen and oxygen atoms in total. The highest BCUT2D eigenvalue weighted by molar-refractivity contribution is 5.89. The lowest BCUT2D eigenvalue weighted by molar-refractivity contribution is -0.130. The highest BCUT2D eigenvalue weighted by atomic mass is 16.2. The first-order valence-corrected chi connectivity index (χ1v) is 7.62. The predicted octanol–water partition coefficient (Wildman–Crippen LogP) is -0.700. The van der Waals surface area contributed by atoms with E-state index in [1.807, 2.05) is 20.8 Å². The molecule has 128 valence electrons. The average Bonchev–Trinajstić information content (AvgIpc) is 2.46. The second kappa shape index (κ2) is 10.8. The van der Waals surface area contributed by atoms with E-state index in [0.29, 0.717) is 25.9 Å². The maximum atomic E-state index is 12.3. The molecule has 2 atom stereocenters. The van der Waals surface area contributed by atoms with Crippen molar-refractivity contribution in [2.24, 2.45) is 11.7 Å². The van der Waals surface area contributed by atoms with Crippen molar-refractivity contribution >= 4 is 17.8 Å². The van der Waals surface area contributed by atoms with Crippen molar-refractivity contribution in [3.63, 3.8) is 0 Å². The molecular weight excluding hydrogens is 286 g/mol. The van der Waals surface area contributed by atoms with E-state index in [1.54, 1.807) is 0 Å². The first kappa shape index (κ1) is 20.2. The van der Waals surface area contributed by atoms with Gasteiger partial charge in [0.25, 0.3) is 0 Å². The van der Waals surface area contributed by atoms with Crippen LogP contribution in [0.25, 0.3) is 0 Å². The molecule has 0 aromatic heterocycles. The second-order valence-corrected chi connectivity index (χ2v) is 5.39. The van der Waals surface area contributed by atoms with Gasteiger partial charge in [0.05, 0.1) is 6.04 Å². The summed E-state index contributed by atoms with van der Waals surface area (Å²) in [6, 6.07) is -1.58. The molecule has 0 radical (unpaired) electrons. The number of carbonyl (C=O) groups excluding carboxylic acids is 3. The van der Waals surface area contributed by atoms with Gasteiger partial charge in [0.2, 0.25) is 11.8 Å². The van der Waals surface area contributed by atoms with Crippen LogP contribution in [0.15, 0.2) is 0 Å². The van der Waals surface area contributed by atoms with E-state index in [2.05, 4.69) is 21.3 Å². The first-order valence-electron chi connectivity index (χ1n) is 7.62. The lowest BCUT2D eigenvalue weighted by atomic mass is 10.0. The Balaban J connectivity index is 4.59. The molecule has 0 aromatic carbocycles. The number of primary amides is 1. The molecule has 0 aliphatic carbocycles. The van der Waals surface area contributed by atoms with Gasteiger partial charge in [-0.25, -0.2) is 4.79 Å². The molecule has 0 saturated heterocycles. The molecule has 0 saturated carbocycles. The third kappa shape index (κ3) is 7.82. The number of hydrogen-bond acceptors (Lipinski definition) is 4. The SMILES string of the molecule is CCN[C@H](C(=O)N[C@@H](CCCNC(N)=O)C(=O)NC)C(C)C. The molecule has 0 bridgehead atoms. The number of carbonyl (C=O) groups is 3. The van der Waals surface area contributed by atoms with Crippen molar-refractivity contribution in [3.05, 3.63) is 0 Å². The van der Waals surface area contributed by atoms with Gasteiger partial charge in [-0.1, -0.05) is 20.8 Å². The zero-order valence-corrected chi connectivity index (χ0v) is 13.9. The fraction of sp³-hybridized carbons (Fsp3) is 0.786. The van der Waals surface area contributed by atoms with Crippen LogP contribution in [0, 0.1) is 5.92 Å². The Hall–Kier alpha value is -1.83. The minimum Gasteiger partial charge on any atom is -0.357 e. The lowest BCUT2D eigenvalue weighted by Crippen LogP contribution is -2.54. The molecule has 0 heterocycles. The van der Waals surface area contributed by atoms with E-state index in [1.165, 1.54) is 7.05 Å². The zero-order valence-electron chi connectivity index (χ0n) is 13.9. The summed E-state index contributed by atoms with van der Waals surface area (Å²) in [5, 5.41) is 10.9. The van der Waals surface area contributed by atoms with Crippen molar-refractivity contribution in [1.82, 2.24) is 21.3 Å². The van der Waals surface area contributed by atoms with Crippen molar-refractivity contribution in [3.8, 4) is 0 Å². The summed E-state index contributed by atoms with van der Waals surface area (Å²) >= 11 is 0. The van der Waals surface area contributed by atoms with Crippen LogP contribution >= 0.6 is 0 Å². The summed E-state index contributed by atoms with van der Waals surface area (Å²) in [6.45, 7) is 6.84. The summed E-state index contributed by atoms with van der Waals surface area (Å²) in [7, 11) is 1.52. The monoisotopic (exact) mass is 315 g/mol. The quantitative estimate of drug-likeness (QED) is 0.342. The molecule has 6 N–H and O–H groups in total. The molecule has 0 aliphatic rings. The van der Waals surface area contributed by atoms with Gasteiger partial charge in [0, 0.05) is 13.6 Å². The molecular formula is C14H29N5O3. The van der Waals surface area contributed by atoms with Crippen LogP contribution in [-0.2, 0) is 9.59 Å². The Morgan fingerprint density at radius 1 is 1.14 bits per heavy atom. The maximum absolute atomic E-state index is 12.3. The topological polar surface area (TPSA) is 125 Å². The highest BCUT2D eigenvalue weighted by Gasteiger charge is 2.26. The summed E-state index contributed by atoms with van der Waals surface area (Å²) in [5.74, 6) is -0.346. The first-order chi connectivity index (χ1) is 10.3. The third-order valence-electron chi connectivity index (χ3n) is 3.22. The van der Waals surface area contributed by atoms with Gasteiger partial charge in [-0.05, 0) is 25.3 Å². The molecule has 8 heteroatoms. The maximum Gasteiger partial charge on any atom is 0.312 e. The summed E-state index contributed by atoms with van der Waals surface area (Å²) in [4.78, 5) is 34.8. The van der Waals surface area contributed by atoms with Crippen molar-refractivity contribution in [1.29, 1.82) is 0 Å². The minimum atomic E-state index is -0.632. The Morgan fingerprint density at radius 2 is 1.77 bits per heavy atom. The van der Waals surface area contributed by atoms with E-state index < -0.39 is 12.1 Å². The van der Waals surface area contributed by atoms with Crippen molar-refractivity contribution < 1.29 is 14.4 Å². The number of hydrogen-bond donors (Lipinski definition) is 5. The summed E-state index contributed by atoms with van der Waals surface area (Å²) in [5.41, 5.74) is 4.98. The Morgan fingerprint density at radius 3 is 2.23 bits per heavy atom. The van der Waals surface area contributed by atoms with Crippen LogP contribution in [-0.4, -0.2) is 50.1 Å². The van der Waals surface area contributed by atoms with Crippen LogP contribution in [0.5, 0.6) is 0 Å². The van der Waals surface area contributed by atoms with Gasteiger partial charge >= 0.3 is 6.03 Å².